The Labute approximate surface area is 184 Å². The van der Waals surface area contributed by atoms with Crippen molar-refractivity contribution in [3.63, 3.8) is 0 Å². The number of thiophene rings is 1. The third-order valence-corrected chi connectivity index (χ3v) is 6.52. The van der Waals surface area contributed by atoms with Crippen molar-refractivity contribution < 1.29 is 18.7 Å². The average Bonchev–Trinajstić information content (AvgIpc) is 3.25. The molecule has 0 unspecified atom stereocenters. The predicted molar refractivity (Wildman–Crippen MR) is 121 cm³/mol. The van der Waals surface area contributed by atoms with E-state index in [9.17, 15) is 14.0 Å². The van der Waals surface area contributed by atoms with Gasteiger partial charge in [0.2, 0.25) is 0 Å². The minimum absolute atomic E-state index is 0.00979. The number of ketones is 1. The highest BCUT2D eigenvalue weighted by Crippen LogP contribution is 2.24. The molecule has 1 saturated heterocycles. The molecule has 4 rings (SSSR count). The number of benzene rings is 2. The van der Waals surface area contributed by atoms with Crippen molar-refractivity contribution in [2.24, 2.45) is 5.92 Å². The fraction of sp³-hybridized carbons (Fsp3) is 0.333. The number of fused-ring (bicyclic) bond motifs is 1. The second-order valence-electron chi connectivity index (χ2n) is 7.77. The Hall–Kier alpha value is -2.77. The first-order chi connectivity index (χ1) is 15.1. The van der Waals surface area contributed by atoms with Crippen LogP contribution in [0.25, 0.3) is 10.1 Å². The summed E-state index contributed by atoms with van der Waals surface area (Å²) in [7, 11) is 0. The lowest BCUT2D eigenvalue weighted by Crippen LogP contribution is -2.37. The summed E-state index contributed by atoms with van der Waals surface area (Å²) in [6.45, 7) is 2.85. The fourth-order valence-corrected chi connectivity index (χ4v) is 4.74. The van der Waals surface area contributed by atoms with Crippen molar-refractivity contribution in [1.29, 1.82) is 0 Å². The number of amides is 1. The van der Waals surface area contributed by atoms with Gasteiger partial charge in [-0.05, 0) is 85.6 Å². The Kier molecular flexibility index (Phi) is 6.94. The van der Waals surface area contributed by atoms with Gasteiger partial charge in [-0.1, -0.05) is 6.07 Å². The summed E-state index contributed by atoms with van der Waals surface area (Å²) in [5.41, 5.74) is 1.31. The van der Waals surface area contributed by atoms with Crippen LogP contribution in [0.2, 0.25) is 0 Å². The molecule has 0 bridgehead atoms. The fourth-order valence-electron chi connectivity index (χ4n) is 3.91. The SMILES string of the molecule is O=C(Nc1ccc2ccsc2c1)OCCCN1CCC(C(=O)c2ccc(F)cc2)CC1. The van der Waals surface area contributed by atoms with E-state index in [1.165, 1.54) is 12.1 Å². The predicted octanol–water partition coefficient (Wildman–Crippen LogP) is 5.57. The van der Waals surface area contributed by atoms with Crippen LogP contribution in [-0.4, -0.2) is 43.0 Å². The molecule has 162 valence electrons. The zero-order valence-electron chi connectivity index (χ0n) is 17.2. The lowest BCUT2D eigenvalue weighted by atomic mass is 9.89. The second kappa shape index (κ2) is 10.0. The number of Topliss-reactive ketones (excluding diaryl/α,β-unsaturated/α-hetero) is 1. The van der Waals surface area contributed by atoms with Crippen molar-refractivity contribution in [3.05, 3.63) is 65.3 Å². The van der Waals surface area contributed by atoms with Gasteiger partial charge in [0.15, 0.2) is 5.78 Å². The number of anilines is 1. The zero-order valence-corrected chi connectivity index (χ0v) is 18.0. The smallest absolute Gasteiger partial charge is 0.411 e. The van der Waals surface area contributed by atoms with E-state index in [0.717, 1.165) is 54.7 Å². The first kappa shape index (κ1) is 21.5. The van der Waals surface area contributed by atoms with Gasteiger partial charge in [-0.15, -0.1) is 11.3 Å². The van der Waals surface area contributed by atoms with Crippen molar-refractivity contribution in [3.8, 4) is 0 Å². The molecule has 0 aliphatic carbocycles. The van der Waals surface area contributed by atoms with Gasteiger partial charge in [-0.25, -0.2) is 9.18 Å². The summed E-state index contributed by atoms with van der Waals surface area (Å²) in [5.74, 6) is -0.240. The molecule has 2 aromatic carbocycles. The maximum atomic E-state index is 13.0. The minimum Gasteiger partial charge on any atom is -0.449 e. The maximum Gasteiger partial charge on any atom is 0.411 e. The third kappa shape index (κ3) is 5.68. The molecule has 2 heterocycles. The molecule has 1 aromatic heterocycles. The molecule has 3 aromatic rings. The van der Waals surface area contributed by atoms with Crippen LogP contribution in [0.4, 0.5) is 14.9 Å². The number of piperidine rings is 1. The largest absolute Gasteiger partial charge is 0.449 e. The van der Waals surface area contributed by atoms with Crippen molar-refractivity contribution >= 4 is 39.0 Å². The quantitative estimate of drug-likeness (QED) is 0.385. The number of hydrogen-bond donors (Lipinski definition) is 1. The molecule has 0 saturated carbocycles. The van der Waals surface area contributed by atoms with Crippen LogP contribution in [0.5, 0.6) is 0 Å². The topological polar surface area (TPSA) is 58.6 Å². The molecule has 5 nitrogen and oxygen atoms in total. The van der Waals surface area contributed by atoms with Crippen LogP contribution in [0, 0.1) is 11.7 Å². The number of likely N-dealkylation sites (tertiary alicyclic amines) is 1. The Morgan fingerprint density at radius 2 is 1.87 bits per heavy atom. The van der Waals surface area contributed by atoms with Gasteiger partial charge in [-0.2, -0.15) is 0 Å². The van der Waals surface area contributed by atoms with Gasteiger partial charge in [0.1, 0.15) is 5.82 Å². The van der Waals surface area contributed by atoms with Crippen LogP contribution in [0.15, 0.2) is 53.9 Å². The summed E-state index contributed by atoms with van der Waals surface area (Å²) in [6, 6.07) is 13.6. The van der Waals surface area contributed by atoms with Crippen LogP contribution in [0.1, 0.15) is 29.6 Å². The molecule has 0 atom stereocenters. The van der Waals surface area contributed by atoms with Gasteiger partial charge in [0.05, 0.1) is 6.61 Å². The van der Waals surface area contributed by atoms with Crippen LogP contribution in [0.3, 0.4) is 0 Å². The number of nitrogens with one attached hydrogen (secondary N) is 1. The Morgan fingerprint density at radius 3 is 2.65 bits per heavy atom. The molecule has 7 heteroatoms. The van der Waals surface area contributed by atoms with Crippen LogP contribution in [-0.2, 0) is 4.74 Å². The number of hydrogen-bond acceptors (Lipinski definition) is 5. The number of nitrogens with zero attached hydrogens (tertiary/aromatic N) is 1. The monoisotopic (exact) mass is 440 g/mol. The summed E-state index contributed by atoms with van der Waals surface area (Å²) in [5, 5.41) is 5.95. The molecule has 0 radical (unpaired) electrons. The highest BCUT2D eigenvalue weighted by Gasteiger charge is 2.25. The summed E-state index contributed by atoms with van der Waals surface area (Å²) in [6.07, 6.45) is 1.89. The molecule has 31 heavy (non-hydrogen) atoms. The number of carbonyl (C=O) groups is 2. The summed E-state index contributed by atoms with van der Waals surface area (Å²) < 4.78 is 19.5. The maximum absolute atomic E-state index is 13.0. The molecule has 0 spiro atoms. The van der Waals surface area contributed by atoms with Crippen molar-refractivity contribution in [2.75, 3.05) is 31.6 Å². The number of carbonyl (C=O) groups excluding carboxylic acids is 2. The summed E-state index contributed by atoms with van der Waals surface area (Å²) in [4.78, 5) is 26.9. The molecular formula is C24H25FN2O3S. The lowest BCUT2D eigenvalue weighted by molar-refractivity contribution is 0.0830. The van der Waals surface area contributed by atoms with Gasteiger partial charge < -0.3 is 9.64 Å². The molecule has 1 aliphatic heterocycles. The first-order valence-corrected chi connectivity index (χ1v) is 11.4. The average molecular weight is 441 g/mol. The van der Waals surface area contributed by atoms with E-state index in [1.54, 1.807) is 23.5 Å². The van der Waals surface area contributed by atoms with E-state index >= 15 is 0 Å². The molecule has 1 aliphatic rings. The van der Waals surface area contributed by atoms with E-state index in [1.807, 2.05) is 29.6 Å². The first-order valence-electron chi connectivity index (χ1n) is 10.5. The molecule has 1 N–H and O–H groups in total. The van der Waals surface area contributed by atoms with Crippen LogP contribution < -0.4 is 5.32 Å². The normalized spacial score (nSPS) is 15.1. The van der Waals surface area contributed by atoms with E-state index in [2.05, 4.69) is 10.2 Å². The minimum atomic E-state index is -0.445. The third-order valence-electron chi connectivity index (χ3n) is 5.64. The Balaban J connectivity index is 1.13. The number of halogens is 1. The van der Waals surface area contributed by atoms with E-state index in [-0.39, 0.29) is 17.5 Å². The molecular weight excluding hydrogens is 415 g/mol. The van der Waals surface area contributed by atoms with Gasteiger partial charge in [-0.3, -0.25) is 10.1 Å². The lowest BCUT2D eigenvalue weighted by Gasteiger charge is -2.31. The van der Waals surface area contributed by atoms with Gasteiger partial charge in [0.25, 0.3) is 0 Å². The number of rotatable bonds is 7. The van der Waals surface area contributed by atoms with Crippen molar-refractivity contribution in [1.82, 2.24) is 4.90 Å². The zero-order chi connectivity index (χ0) is 21.6. The molecule has 1 amide bonds. The summed E-state index contributed by atoms with van der Waals surface area (Å²) >= 11 is 1.63. The Morgan fingerprint density at radius 1 is 1.10 bits per heavy atom. The second-order valence-corrected chi connectivity index (χ2v) is 8.72. The van der Waals surface area contributed by atoms with E-state index in [0.29, 0.717) is 12.2 Å². The van der Waals surface area contributed by atoms with E-state index < -0.39 is 6.09 Å². The highest BCUT2D eigenvalue weighted by molar-refractivity contribution is 7.17. The van der Waals surface area contributed by atoms with E-state index in [4.69, 9.17) is 4.74 Å². The molecule has 1 fully saturated rings. The van der Waals surface area contributed by atoms with Crippen LogP contribution >= 0.6 is 11.3 Å². The van der Waals surface area contributed by atoms with Gasteiger partial charge >= 0.3 is 6.09 Å². The van der Waals surface area contributed by atoms with Crippen molar-refractivity contribution in [2.45, 2.75) is 19.3 Å². The highest BCUT2D eigenvalue weighted by atomic mass is 32.1. The number of ether oxygens (including phenoxy) is 1. The Bertz CT molecular complexity index is 1040. The standard InChI is InChI=1S/C24H25FN2O3S/c25-20-5-2-18(3-6-20)23(28)19-8-12-27(13-9-19)11-1-14-30-24(29)26-21-7-4-17-10-15-31-22(17)16-21/h2-7,10,15-16,19H,1,8-9,11-14H2,(H,26,29). The van der Waals surface area contributed by atoms with Gasteiger partial charge in [0, 0.05) is 28.4 Å².